The standard InChI is InChI=1S/C26H22BN2O6P/c1-13-15(23(26(33)35-36-28-27)29-22(13)20(14(2)30)25(29)32)10-6-12-34-19-11-5-9-18-21(19)16-7-3-4-8-17(16)24(18)31/h3-11,13-14,20,22,30H,12H2,1-2H3/b10-6+. The third kappa shape index (κ3) is 3.70. The first-order chi connectivity index (χ1) is 17.4. The molecule has 1 aliphatic carbocycles. The van der Waals surface area contributed by atoms with E-state index in [1.54, 1.807) is 37.3 Å². The second-order valence-electron chi connectivity index (χ2n) is 8.90. The Morgan fingerprint density at radius 1 is 1.19 bits per heavy atom. The molecule has 0 spiro atoms. The normalized spacial score (nSPS) is 23.1. The smallest absolute Gasteiger partial charge is 0.364 e. The Morgan fingerprint density at radius 2 is 1.92 bits per heavy atom. The number of ether oxygens (including phenoxy) is 1. The molecule has 4 unspecified atom stereocenters. The Balaban J connectivity index is 1.40. The fourth-order valence-corrected chi connectivity index (χ4v) is 5.59. The summed E-state index contributed by atoms with van der Waals surface area (Å²) >= 11 is 0. The van der Waals surface area contributed by atoms with Gasteiger partial charge < -0.3 is 23.9 Å². The monoisotopic (exact) mass is 500 g/mol. The first kappa shape index (κ1) is 24.2. The maximum Gasteiger partial charge on any atom is 0.364 e. The zero-order valence-corrected chi connectivity index (χ0v) is 20.5. The van der Waals surface area contributed by atoms with E-state index in [2.05, 4.69) is 4.66 Å². The van der Waals surface area contributed by atoms with Crippen molar-refractivity contribution >= 4 is 34.2 Å². The molecule has 1 N–H and O–H groups in total. The van der Waals surface area contributed by atoms with Crippen LogP contribution in [0.15, 0.2) is 70.5 Å². The highest BCUT2D eigenvalue weighted by Gasteiger charge is 2.59. The van der Waals surface area contributed by atoms with E-state index in [1.165, 1.54) is 4.90 Å². The molecule has 36 heavy (non-hydrogen) atoms. The molecule has 1 saturated heterocycles. The first-order valence-corrected chi connectivity index (χ1v) is 12.3. The van der Waals surface area contributed by atoms with Gasteiger partial charge in [-0.2, -0.15) is 0 Å². The Labute approximate surface area is 211 Å². The average molecular weight is 500 g/mol. The first-order valence-electron chi connectivity index (χ1n) is 11.5. The molecule has 2 heterocycles. The second-order valence-corrected chi connectivity index (χ2v) is 9.48. The van der Waals surface area contributed by atoms with E-state index < -0.39 is 18.0 Å². The van der Waals surface area contributed by atoms with Crippen molar-refractivity contribution in [3.63, 3.8) is 0 Å². The highest BCUT2D eigenvalue weighted by Crippen LogP contribution is 2.48. The van der Waals surface area contributed by atoms with Gasteiger partial charge in [-0.1, -0.05) is 49.4 Å². The number of rotatable bonds is 7. The number of carbonyl (C=O) groups excluding carboxylic acids is 3. The van der Waals surface area contributed by atoms with Gasteiger partial charge in [0.05, 0.1) is 18.1 Å². The predicted octanol–water partition coefficient (Wildman–Crippen LogP) is 3.62. The van der Waals surface area contributed by atoms with Crippen LogP contribution in [0, 0.1) is 11.8 Å². The third-order valence-corrected chi connectivity index (χ3v) is 7.28. The zero-order valence-electron chi connectivity index (χ0n) is 19.6. The molecule has 2 aromatic carbocycles. The molecule has 0 aromatic heterocycles. The predicted molar refractivity (Wildman–Crippen MR) is 133 cm³/mol. The van der Waals surface area contributed by atoms with Crippen LogP contribution in [0.25, 0.3) is 11.1 Å². The van der Waals surface area contributed by atoms with E-state index in [0.29, 0.717) is 22.4 Å². The number of benzene rings is 2. The van der Waals surface area contributed by atoms with Gasteiger partial charge >= 0.3 is 5.97 Å². The van der Waals surface area contributed by atoms with Crippen molar-refractivity contribution < 1.29 is 28.8 Å². The van der Waals surface area contributed by atoms with Crippen LogP contribution in [0.3, 0.4) is 0 Å². The van der Waals surface area contributed by atoms with Crippen LogP contribution in [0.2, 0.25) is 0 Å². The summed E-state index contributed by atoms with van der Waals surface area (Å²) in [6.45, 7) is 3.64. The third-order valence-electron chi connectivity index (χ3n) is 6.93. The van der Waals surface area contributed by atoms with Crippen molar-refractivity contribution in [1.82, 2.24) is 4.90 Å². The number of ketones is 1. The van der Waals surface area contributed by atoms with E-state index in [-0.39, 0.29) is 44.6 Å². The molecule has 10 heteroatoms. The number of hydrogen-bond acceptors (Lipinski definition) is 7. The van der Waals surface area contributed by atoms with Crippen molar-refractivity contribution in [2.24, 2.45) is 16.5 Å². The minimum Gasteiger partial charge on any atom is -0.489 e. The molecule has 2 aliphatic heterocycles. The molecule has 2 radical (unpaired) electrons. The molecule has 5 rings (SSSR count). The van der Waals surface area contributed by atoms with Gasteiger partial charge in [0.15, 0.2) is 5.78 Å². The summed E-state index contributed by atoms with van der Waals surface area (Å²) in [6.07, 6.45) is 2.65. The highest BCUT2D eigenvalue weighted by molar-refractivity contribution is 7.22. The number of aliphatic hydroxyl groups is 1. The minimum atomic E-state index is -0.840. The lowest BCUT2D eigenvalue weighted by molar-refractivity contribution is -0.162. The fourth-order valence-electron chi connectivity index (χ4n) is 5.38. The summed E-state index contributed by atoms with van der Waals surface area (Å²) in [4.78, 5) is 39.6. The van der Waals surface area contributed by atoms with Crippen LogP contribution < -0.4 is 4.74 Å². The average Bonchev–Trinajstić information content (AvgIpc) is 3.29. The van der Waals surface area contributed by atoms with Crippen molar-refractivity contribution in [2.75, 3.05) is 6.61 Å². The second kappa shape index (κ2) is 9.49. The van der Waals surface area contributed by atoms with Crippen LogP contribution in [0.5, 0.6) is 5.75 Å². The lowest BCUT2D eigenvalue weighted by atomic mass is 9.78. The summed E-state index contributed by atoms with van der Waals surface area (Å²) in [6, 6.07) is 12.5. The van der Waals surface area contributed by atoms with Crippen LogP contribution in [-0.2, 0) is 14.1 Å². The Bertz CT molecular complexity index is 1370. The van der Waals surface area contributed by atoms with Gasteiger partial charge in [0, 0.05) is 22.6 Å². The van der Waals surface area contributed by atoms with Gasteiger partial charge in [0.2, 0.25) is 14.5 Å². The number of amides is 1. The summed E-state index contributed by atoms with van der Waals surface area (Å²) in [5.41, 5.74) is 3.59. The Hall–Kier alpha value is -3.55. The molecule has 4 atom stereocenters. The Kier molecular flexibility index (Phi) is 6.37. The van der Waals surface area contributed by atoms with E-state index >= 15 is 0 Å². The number of β-lactam (4-membered cyclic amide) rings is 1. The zero-order chi connectivity index (χ0) is 25.6. The quantitative estimate of drug-likeness (QED) is 0.302. The van der Waals surface area contributed by atoms with Gasteiger partial charge in [-0.15, -0.1) is 0 Å². The van der Waals surface area contributed by atoms with Crippen LogP contribution in [0.1, 0.15) is 29.8 Å². The van der Waals surface area contributed by atoms with E-state index in [4.69, 9.17) is 17.2 Å². The molecule has 8 nitrogen and oxygen atoms in total. The molecular weight excluding hydrogens is 478 g/mol. The van der Waals surface area contributed by atoms with Crippen molar-refractivity contribution in [2.45, 2.75) is 26.0 Å². The van der Waals surface area contributed by atoms with Crippen LogP contribution in [0.4, 0.5) is 0 Å². The molecule has 0 bridgehead atoms. The highest BCUT2D eigenvalue weighted by atomic mass is 31.1. The van der Waals surface area contributed by atoms with Crippen molar-refractivity contribution in [1.29, 1.82) is 0 Å². The molecule has 3 aliphatic rings. The molecule has 2 aromatic rings. The van der Waals surface area contributed by atoms with Gasteiger partial charge in [-0.05, 0) is 30.2 Å². The maximum atomic E-state index is 12.7. The SMILES string of the molecule is [B]N=POC(=O)C1=C(/C=C/COc2cccc3c2-c2ccccc2C3=O)C(C)C2C(C(C)O)C(=O)N12. The minimum absolute atomic E-state index is 0.0277. The number of nitrogens with zero attached hydrogens (tertiary/aromatic N) is 2. The molecule has 0 saturated carbocycles. The van der Waals surface area contributed by atoms with Gasteiger partial charge in [0.1, 0.15) is 18.1 Å². The number of fused-ring (bicyclic) bond motifs is 4. The van der Waals surface area contributed by atoms with Crippen LogP contribution >= 0.6 is 8.60 Å². The van der Waals surface area contributed by atoms with Crippen molar-refractivity contribution in [3.05, 3.63) is 77.0 Å². The maximum absolute atomic E-state index is 12.7. The number of carbonyl (C=O) groups is 3. The number of allylic oxidation sites excluding steroid dienone is 1. The van der Waals surface area contributed by atoms with Gasteiger partial charge in [0.25, 0.3) is 7.98 Å². The summed E-state index contributed by atoms with van der Waals surface area (Å²) in [7, 11) is 5.01. The Morgan fingerprint density at radius 3 is 2.64 bits per heavy atom. The molecule has 180 valence electrons. The number of aliphatic hydroxyl groups excluding tert-OH is 1. The molecular formula is C26H22BN2O6P. The van der Waals surface area contributed by atoms with Gasteiger partial charge in [-0.25, -0.2) is 4.79 Å². The van der Waals surface area contributed by atoms with Crippen molar-refractivity contribution in [3.8, 4) is 16.9 Å². The summed E-state index contributed by atoms with van der Waals surface area (Å²) in [5, 5.41) is 10.1. The lowest BCUT2D eigenvalue weighted by Gasteiger charge is -2.46. The lowest BCUT2D eigenvalue weighted by Crippen LogP contribution is -2.63. The topological polar surface area (TPSA) is 106 Å². The van der Waals surface area contributed by atoms with Crippen LogP contribution in [-0.4, -0.2) is 54.4 Å². The van der Waals surface area contributed by atoms with E-state index in [9.17, 15) is 19.5 Å². The van der Waals surface area contributed by atoms with E-state index in [1.807, 2.05) is 31.2 Å². The molecule has 1 amide bonds. The fraction of sp³-hybridized carbons (Fsp3) is 0.269. The number of hydrogen-bond donors (Lipinski definition) is 1. The molecule has 1 fully saturated rings. The summed E-state index contributed by atoms with van der Waals surface area (Å²) < 4.78 is 14.4. The largest absolute Gasteiger partial charge is 0.489 e. The van der Waals surface area contributed by atoms with Gasteiger partial charge in [-0.3, -0.25) is 9.59 Å². The van der Waals surface area contributed by atoms with E-state index in [0.717, 1.165) is 11.1 Å². The summed E-state index contributed by atoms with van der Waals surface area (Å²) in [5.74, 6) is -1.28.